The zero-order valence-electron chi connectivity index (χ0n) is 8.30. The Morgan fingerprint density at radius 1 is 1.47 bits per heavy atom. The van der Waals surface area contributed by atoms with Gasteiger partial charge in [0, 0.05) is 5.69 Å². The summed E-state index contributed by atoms with van der Waals surface area (Å²) in [5.74, 6) is -0.158. The van der Waals surface area contributed by atoms with Crippen LogP contribution in [0.1, 0.15) is 0 Å². The topological polar surface area (TPSA) is 57.8 Å². The van der Waals surface area contributed by atoms with Crippen molar-refractivity contribution in [2.75, 3.05) is 5.32 Å². The highest BCUT2D eigenvalue weighted by Gasteiger charge is 2.07. The van der Waals surface area contributed by atoms with Crippen LogP contribution in [-0.4, -0.2) is 9.97 Å². The SMILES string of the molecule is O=c1[nH]cnc(Nc2ccc(F)c(Br)c2)c1Cl. The third-order valence-electron chi connectivity index (χ3n) is 1.98. The van der Waals surface area contributed by atoms with Gasteiger partial charge in [-0.1, -0.05) is 11.6 Å². The molecule has 17 heavy (non-hydrogen) atoms. The smallest absolute Gasteiger partial charge is 0.271 e. The van der Waals surface area contributed by atoms with Crippen molar-refractivity contribution in [3.05, 3.63) is 50.2 Å². The molecule has 0 saturated heterocycles. The molecule has 0 amide bonds. The number of hydrogen-bond acceptors (Lipinski definition) is 3. The maximum absolute atomic E-state index is 13.0. The van der Waals surface area contributed by atoms with Gasteiger partial charge in [0.15, 0.2) is 5.82 Å². The van der Waals surface area contributed by atoms with Crippen LogP contribution in [0, 0.1) is 5.82 Å². The molecule has 4 nitrogen and oxygen atoms in total. The molecule has 0 aliphatic carbocycles. The van der Waals surface area contributed by atoms with Gasteiger partial charge in [-0.3, -0.25) is 4.79 Å². The van der Waals surface area contributed by atoms with Gasteiger partial charge in [0.25, 0.3) is 5.56 Å². The van der Waals surface area contributed by atoms with Crippen molar-refractivity contribution in [2.24, 2.45) is 0 Å². The van der Waals surface area contributed by atoms with E-state index in [2.05, 4.69) is 31.2 Å². The summed E-state index contributed by atoms with van der Waals surface area (Å²) in [7, 11) is 0. The number of nitrogens with zero attached hydrogens (tertiary/aromatic N) is 1. The average molecular weight is 319 g/mol. The zero-order chi connectivity index (χ0) is 12.4. The summed E-state index contributed by atoms with van der Waals surface area (Å²) in [5.41, 5.74) is 0.128. The van der Waals surface area contributed by atoms with E-state index in [1.165, 1.54) is 24.5 Å². The molecule has 0 aliphatic heterocycles. The summed E-state index contributed by atoms with van der Waals surface area (Å²) in [4.78, 5) is 17.4. The Balaban J connectivity index is 2.35. The summed E-state index contributed by atoms with van der Waals surface area (Å²) in [5, 5.41) is 2.77. The maximum atomic E-state index is 13.0. The Kier molecular flexibility index (Phi) is 3.44. The van der Waals surface area contributed by atoms with E-state index in [0.29, 0.717) is 10.2 Å². The molecule has 7 heteroatoms. The minimum Gasteiger partial charge on any atom is -0.339 e. The molecule has 88 valence electrons. The highest BCUT2D eigenvalue weighted by atomic mass is 79.9. The van der Waals surface area contributed by atoms with E-state index in [1.807, 2.05) is 0 Å². The molecule has 1 aromatic carbocycles. The van der Waals surface area contributed by atoms with E-state index in [9.17, 15) is 9.18 Å². The van der Waals surface area contributed by atoms with Crippen molar-refractivity contribution < 1.29 is 4.39 Å². The molecule has 0 atom stereocenters. The molecule has 0 unspecified atom stereocenters. The highest BCUT2D eigenvalue weighted by Crippen LogP contribution is 2.24. The Hall–Kier alpha value is -1.40. The van der Waals surface area contributed by atoms with Crippen molar-refractivity contribution in [2.45, 2.75) is 0 Å². The Labute approximate surface area is 109 Å². The highest BCUT2D eigenvalue weighted by molar-refractivity contribution is 9.10. The Morgan fingerprint density at radius 3 is 2.94 bits per heavy atom. The molecule has 0 aliphatic rings. The Morgan fingerprint density at radius 2 is 2.24 bits per heavy atom. The summed E-state index contributed by atoms with van der Waals surface area (Å²) in [6, 6.07) is 4.32. The first-order chi connectivity index (χ1) is 8.08. The molecule has 1 heterocycles. The van der Waals surface area contributed by atoms with Gasteiger partial charge in [-0.25, -0.2) is 9.37 Å². The first-order valence-electron chi connectivity index (χ1n) is 4.53. The van der Waals surface area contributed by atoms with E-state index < -0.39 is 5.56 Å². The van der Waals surface area contributed by atoms with Crippen molar-refractivity contribution in [3.8, 4) is 0 Å². The average Bonchev–Trinajstić information content (AvgIpc) is 2.30. The predicted molar refractivity (Wildman–Crippen MR) is 67.3 cm³/mol. The molecule has 1 aromatic heterocycles. The molecular weight excluding hydrogens is 312 g/mol. The zero-order valence-corrected chi connectivity index (χ0v) is 10.6. The van der Waals surface area contributed by atoms with Gasteiger partial charge < -0.3 is 10.3 Å². The number of anilines is 2. The van der Waals surface area contributed by atoms with E-state index in [1.54, 1.807) is 0 Å². The first-order valence-corrected chi connectivity index (χ1v) is 5.70. The summed E-state index contributed by atoms with van der Waals surface area (Å²) in [6.45, 7) is 0. The third kappa shape index (κ3) is 2.65. The van der Waals surface area contributed by atoms with Crippen LogP contribution in [0.25, 0.3) is 0 Å². The minimum absolute atomic E-state index is 0.0482. The number of rotatable bonds is 2. The second kappa shape index (κ2) is 4.85. The standard InChI is InChI=1S/C10H6BrClFN3O/c11-6-3-5(1-2-7(6)13)16-9-8(12)10(17)15-4-14-9/h1-4H,(H2,14,15,16,17). The van der Waals surface area contributed by atoms with Crippen LogP contribution in [0.15, 0.2) is 33.8 Å². The van der Waals surface area contributed by atoms with Gasteiger partial charge in [-0.15, -0.1) is 0 Å². The fraction of sp³-hybridized carbons (Fsp3) is 0. The maximum Gasteiger partial charge on any atom is 0.271 e. The van der Waals surface area contributed by atoms with E-state index in [-0.39, 0.29) is 16.7 Å². The van der Waals surface area contributed by atoms with Gasteiger partial charge in [-0.05, 0) is 34.1 Å². The summed E-state index contributed by atoms with van der Waals surface area (Å²) in [6.07, 6.45) is 1.23. The Bertz CT molecular complexity index is 617. The lowest BCUT2D eigenvalue weighted by atomic mass is 10.3. The predicted octanol–water partition coefficient (Wildman–Crippen LogP) is 3.07. The number of hydrogen-bond donors (Lipinski definition) is 2. The van der Waals surface area contributed by atoms with Crippen LogP contribution in [0.4, 0.5) is 15.9 Å². The summed E-state index contributed by atoms with van der Waals surface area (Å²) < 4.78 is 13.3. The van der Waals surface area contributed by atoms with E-state index in [4.69, 9.17) is 11.6 Å². The van der Waals surface area contributed by atoms with Crippen molar-refractivity contribution in [1.29, 1.82) is 0 Å². The van der Waals surface area contributed by atoms with E-state index in [0.717, 1.165) is 0 Å². The minimum atomic E-state index is -0.439. The van der Waals surface area contributed by atoms with Crippen LogP contribution in [-0.2, 0) is 0 Å². The lowest BCUT2D eigenvalue weighted by Gasteiger charge is -2.06. The quantitative estimate of drug-likeness (QED) is 0.894. The van der Waals surface area contributed by atoms with Crippen LogP contribution >= 0.6 is 27.5 Å². The third-order valence-corrected chi connectivity index (χ3v) is 2.94. The summed E-state index contributed by atoms with van der Waals surface area (Å²) >= 11 is 8.82. The molecule has 0 saturated carbocycles. The second-order valence-electron chi connectivity index (χ2n) is 3.15. The fourth-order valence-corrected chi connectivity index (χ4v) is 1.71. The van der Waals surface area contributed by atoms with Crippen LogP contribution in [0.3, 0.4) is 0 Å². The normalized spacial score (nSPS) is 10.3. The van der Waals surface area contributed by atoms with Gasteiger partial charge in [0.2, 0.25) is 0 Å². The molecular formula is C10H6BrClFN3O. The number of halogens is 3. The molecule has 0 fully saturated rings. The molecule has 0 radical (unpaired) electrons. The van der Waals surface area contributed by atoms with Crippen molar-refractivity contribution in [3.63, 3.8) is 0 Å². The number of nitrogens with one attached hydrogen (secondary N) is 2. The van der Waals surface area contributed by atoms with E-state index >= 15 is 0 Å². The van der Waals surface area contributed by atoms with Crippen molar-refractivity contribution in [1.82, 2.24) is 9.97 Å². The van der Waals surface area contributed by atoms with Crippen LogP contribution in [0.2, 0.25) is 5.02 Å². The number of H-pyrrole nitrogens is 1. The largest absolute Gasteiger partial charge is 0.339 e. The first kappa shape index (κ1) is 12.1. The van der Waals surface area contributed by atoms with Gasteiger partial charge >= 0.3 is 0 Å². The molecule has 2 aromatic rings. The molecule has 2 N–H and O–H groups in total. The molecule has 0 bridgehead atoms. The molecule has 2 rings (SSSR count). The monoisotopic (exact) mass is 317 g/mol. The number of aromatic nitrogens is 2. The number of benzene rings is 1. The van der Waals surface area contributed by atoms with Gasteiger partial charge in [-0.2, -0.15) is 0 Å². The van der Waals surface area contributed by atoms with Crippen molar-refractivity contribution >= 4 is 39.0 Å². The lowest BCUT2D eigenvalue weighted by Crippen LogP contribution is -2.09. The lowest BCUT2D eigenvalue weighted by molar-refractivity contribution is 0.621. The number of aromatic amines is 1. The van der Waals surface area contributed by atoms with Crippen LogP contribution in [0.5, 0.6) is 0 Å². The van der Waals surface area contributed by atoms with Crippen LogP contribution < -0.4 is 10.9 Å². The fourth-order valence-electron chi connectivity index (χ4n) is 1.18. The van der Waals surface area contributed by atoms with Gasteiger partial charge in [0.05, 0.1) is 10.8 Å². The van der Waals surface area contributed by atoms with Gasteiger partial charge in [0.1, 0.15) is 10.8 Å². The molecule has 0 spiro atoms. The second-order valence-corrected chi connectivity index (χ2v) is 4.38.